The average molecular weight is 474 g/mol. The molecule has 0 aliphatic heterocycles. The second kappa shape index (κ2) is 12.4. The van der Waals surface area contributed by atoms with Crippen molar-refractivity contribution in [1.29, 1.82) is 0 Å². The third kappa shape index (κ3) is 7.49. The summed E-state index contributed by atoms with van der Waals surface area (Å²) in [6.07, 6.45) is 10.0. The van der Waals surface area contributed by atoms with Crippen LogP contribution in [-0.2, 0) is 31.3 Å². The minimum Gasteiger partial charge on any atom is -0.386 e. The van der Waals surface area contributed by atoms with Crippen molar-refractivity contribution in [1.82, 2.24) is 0 Å². The van der Waals surface area contributed by atoms with Crippen LogP contribution in [0.25, 0.3) is 0 Å². The number of rotatable bonds is 5. The van der Waals surface area contributed by atoms with Crippen LogP contribution in [0.1, 0.15) is 81.2 Å². The monoisotopic (exact) mass is 473 g/mol. The third-order valence-electron chi connectivity index (χ3n) is 6.02. The van der Waals surface area contributed by atoms with E-state index in [0.717, 1.165) is 11.9 Å². The summed E-state index contributed by atoms with van der Waals surface area (Å²) in [5.41, 5.74) is 12.6. The van der Waals surface area contributed by atoms with Gasteiger partial charge >= 0.3 is 0 Å². The zero-order valence-corrected chi connectivity index (χ0v) is 21.4. The first-order valence-electron chi connectivity index (χ1n) is 11.9. The van der Waals surface area contributed by atoms with E-state index in [1.165, 1.54) is 85.4 Å². The highest BCUT2D eigenvalue weighted by Gasteiger charge is 2.23. The van der Waals surface area contributed by atoms with E-state index in [9.17, 15) is 9.50 Å². The number of halogens is 1. The van der Waals surface area contributed by atoms with E-state index < -0.39 is 11.4 Å². The number of aliphatic hydroxyl groups is 1. The molecule has 0 unspecified atom stereocenters. The summed E-state index contributed by atoms with van der Waals surface area (Å²) >= 11 is 0.858. The lowest BCUT2D eigenvalue weighted by Gasteiger charge is -2.17. The van der Waals surface area contributed by atoms with E-state index in [-0.39, 0.29) is 0 Å². The Morgan fingerprint density at radius 3 is 2.00 bits per heavy atom. The normalized spacial score (nSPS) is 13.8. The molecule has 4 nitrogen and oxygen atoms in total. The van der Waals surface area contributed by atoms with Gasteiger partial charge in [0.25, 0.3) is 0 Å². The fourth-order valence-corrected chi connectivity index (χ4v) is 4.42. The molecule has 2 aliphatic carbocycles. The van der Waals surface area contributed by atoms with E-state index in [4.69, 9.17) is 10.9 Å². The zero-order valence-electron chi connectivity index (χ0n) is 20.6. The molecule has 0 amide bonds. The van der Waals surface area contributed by atoms with Crippen LogP contribution in [0.5, 0.6) is 0 Å². The Bertz CT molecular complexity index is 919. The van der Waals surface area contributed by atoms with E-state index in [0.29, 0.717) is 16.3 Å². The molecular formula is C27H40FN3OS. The Morgan fingerprint density at radius 2 is 1.61 bits per heavy atom. The molecule has 0 saturated carbocycles. The zero-order chi connectivity index (χ0) is 24.6. The van der Waals surface area contributed by atoms with Gasteiger partial charge in [0, 0.05) is 5.69 Å². The second-order valence-corrected chi connectivity index (χ2v) is 9.88. The number of benzene rings is 2. The van der Waals surface area contributed by atoms with Crippen molar-refractivity contribution in [2.45, 2.75) is 89.6 Å². The van der Waals surface area contributed by atoms with Crippen molar-refractivity contribution in [2.24, 2.45) is 10.9 Å². The molecule has 2 aromatic carbocycles. The lowest BCUT2D eigenvalue weighted by atomic mass is 9.99. The molecule has 6 heteroatoms. The van der Waals surface area contributed by atoms with Gasteiger partial charge in [0.05, 0.1) is 16.3 Å². The highest BCUT2D eigenvalue weighted by atomic mass is 32.2. The van der Waals surface area contributed by atoms with Crippen LogP contribution in [0, 0.1) is 5.82 Å². The second-order valence-electron chi connectivity index (χ2n) is 9.21. The minimum absolute atomic E-state index is 0.382. The van der Waals surface area contributed by atoms with Gasteiger partial charge in [-0.3, -0.25) is 5.14 Å². The van der Waals surface area contributed by atoms with E-state index >= 15 is 0 Å². The molecule has 33 heavy (non-hydrogen) atoms. The van der Waals surface area contributed by atoms with Crippen LogP contribution in [0.15, 0.2) is 41.6 Å². The van der Waals surface area contributed by atoms with Gasteiger partial charge in [-0.15, -0.1) is 0 Å². The first-order chi connectivity index (χ1) is 15.6. The molecular weight excluding hydrogens is 433 g/mol. The molecule has 0 fully saturated rings. The lowest BCUT2D eigenvalue weighted by Crippen LogP contribution is -2.15. The fraction of sp³-hybridized carbons (Fsp3) is 0.481. The van der Waals surface area contributed by atoms with E-state index in [1.807, 2.05) is 0 Å². The third-order valence-corrected chi connectivity index (χ3v) is 6.61. The molecule has 0 atom stereocenters. The summed E-state index contributed by atoms with van der Waals surface area (Å²) in [6, 6.07) is 6.95. The smallest absolute Gasteiger partial charge is 0.138 e. The van der Waals surface area contributed by atoms with Crippen molar-refractivity contribution in [2.75, 3.05) is 5.32 Å². The first kappa shape index (κ1) is 27.2. The number of nitrogens with one attached hydrogen (secondary N) is 1. The van der Waals surface area contributed by atoms with Crippen molar-refractivity contribution in [3.05, 3.63) is 70.3 Å². The number of fused-ring (bicyclic) bond motifs is 2. The van der Waals surface area contributed by atoms with Gasteiger partial charge in [0.15, 0.2) is 0 Å². The Morgan fingerprint density at radius 1 is 1.06 bits per heavy atom. The van der Waals surface area contributed by atoms with Crippen LogP contribution < -0.4 is 16.2 Å². The Hall–Kier alpha value is -2.02. The molecule has 0 spiro atoms. The summed E-state index contributed by atoms with van der Waals surface area (Å²) in [5, 5.41) is 18.1. The highest BCUT2D eigenvalue weighted by molar-refractivity contribution is 7.97. The van der Waals surface area contributed by atoms with Crippen LogP contribution in [0.4, 0.5) is 10.1 Å². The fourth-order valence-electron chi connectivity index (χ4n) is 4.10. The van der Waals surface area contributed by atoms with E-state index in [1.54, 1.807) is 26.0 Å². The SMILES string of the molecule is C=C(N)Nc1c2c(cc3c1CCC3)CCC2.CC(C)(O)c1ccc(SN)c(F)c1.CCCC. The van der Waals surface area contributed by atoms with E-state index in [2.05, 4.69) is 31.8 Å². The largest absolute Gasteiger partial charge is 0.386 e. The maximum atomic E-state index is 13.2. The maximum Gasteiger partial charge on any atom is 0.138 e. The van der Waals surface area contributed by atoms with Crippen molar-refractivity contribution in [3.63, 3.8) is 0 Å². The standard InChI is InChI=1S/C14H18N2.C9H12FNOS.C4H10/c1-9(15)16-14-12-6-2-4-10(12)8-11-5-3-7-13(11)14;1-9(2,12)6-3-4-8(13-11)7(10)5-6;1-3-4-2/h8,16H,1-7,15H2;3-5,12H,11H2,1-2H3;3-4H2,1-2H3. The van der Waals surface area contributed by atoms with Crippen LogP contribution >= 0.6 is 11.9 Å². The molecule has 0 heterocycles. The number of hydrogen-bond acceptors (Lipinski definition) is 5. The van der Waals surface area contributed by atoms with Crippen molar-refractivity contribution >= 4 is 17.6 Å². The number of unbranched alkanes of at least 4 members (excludes halogenated alkanes) is 1. The number of aryl methyl sites for hydroxylation is 2. The summed E-state index contributed by atoms with van der Waals surface area (Å²) < 4.78 is 13.2. The van der Waals surface area contributed by atoms with Crippen LogP contribution in [-0.4, -0.2) is 5.11 Å². The molecule has 2 aromatic rings. The maximum absolute atomic E-state index is 13.2. The molecule has 4 rings (SSSR count). The molecule has 0 bridgehead atoms. The average Bonchev–Trinajstić information content (AvgIpc) is 3.42. The summed E-state index contributed by atoms with van der Waals surface area (Å²) in [5.74, 6) is 0.168. The van der Waals surface area contributed by atoms with Gasteiger partial charge in [-0.05, 0) is 104 Å². The van der Waals surface area contributed by atoms with Crippen LogP contribution in [0.2, 0.25) is 0 Å². The van der Waals surface area contributed by atoms with Crippen molar-refractivity contribution < 1.29 is 9.50 Å². The predicted octanol–water partition coefficient (Wildman–Crippen LogP) is 6.33. The topological polar surface area (TPSA) is 84.3 Å². The Labute approximate surface area is 203 Å². The predicted molar refractivity (Wildman–Crippen MR) is 140 cm³/mol. The minimum atomic E-state index is -1.02. The van der Waals surface area contributed by atoms with Gasteiger partial charge < -0.3 is 16.2 Å². The van der Waals surface area contributed by atoms with Gasteiger partial charge in [0.2, 0.25) is 0 Å². The van der Waals surface area contributed by atoms with Crippen LogP contribution in [0.3, 0.4) is 0 Å². The van der Waals surface area contributed by atoms with Gasteiger partial charge in [0.1, 0.15) is 5.82 Å². The van der Waals surface area contributed by atoms with Crippen molar-refractivity contribution in [3.8, 4) is 0 Å². The summed E-state index contributed by atoms with van der Waals surface area (Å²) in [6.45, 7) is 11.3. The Balaban J connectivity index is 0.000000205. The summed E-state index contributed by atoms with van der Waals surface area (Å²) in [4.78, 5) is 0.382. The number of nitrogens with two attached hydrogens (primary N) is 2. The molecule has 0 aromatic heterocycles. The van der Waals surface area contributed by atoms with Gasteiger partial charge in [-0.2, -0.15) is 0 Å². The Kier molecular flexibility index (Phi) is 10.3. The van der Waals surface area contributed by atoms with Gasteiger partial charge in [-0.1, -0.05) is 45.4 Å². The molecule has 182 valence electrons. The quantitative estimate of drug-likeness (QED) is 0.381. The molecule has 0 radical (unpaired) electrons. The molecule has 0 saturated heterocycles. The highest BCUT2D eigenvalue weighted by Crippen LogP contribution is 2.38. The first-order valence-corrected chi connectivity index (χ1v) is 12.8. The number of hydrogen-bond donors (Lipinski definition) is 4. The number of anilines is 1. The summed E-state index contributed by atoms with van der Waals surface area (Å²) in [7, 11) is 0. The van der Waals surface area contributed by atoms with Gasteiger partial charge in [-0.25, -0.2) is 4.39 Å². The molecule has 2 aliphatic rings. The lowest BCUT2D eigenvalue weighted by molar-refractivity contribution is 0.0781. The molecule has 6 N–H and O–H groups in total.